The largest absolute Gasteiger partial charge is 0.497 e. The minimum atomic E-state index is 0.596. The van der Waals surface area contributed by atoms with Gasteiger partial charge in [-0.15, -0.1) is 0 Å². The molecule has 1 fully saturated rings. The highest BCUT2D eigenvalue weighted by Crippen LogP contribution is 2.43. The second-order valence-electron chi connectivity index (χ2n) is 9.26. The van der Waals surface area contributed by atoms with Crippen LogP contribution in [0.3, 0.4) is 0 Å². The third kappa shape index (κ3) is 4.38. The monoisotopic (exact) mass is 506 g/mol. The predicted molar refractivity (Wildman–Crippen MR) is 151 cm³/mol. The van der Waals surface area contributed by atoms with Gasteiger partial charge in [-0.2, -0.15) is 9.61 Å². The number of anilines is 3. The quantitative estimate of drug-likeness (QED) is 0.281. The SMILES string of the molecule is COc1ccc(-c2c(Nc3ccccn3)nc3c(N4CCCCC4)c(-c4ccccc4)nn3c2OC)cc1. The lowest BCUT2D eigenvalue weighted by Gasteiger charge is -2.28. The number of nitrogens with one attached hydrogen (secondary N) is 1. The molecule has 4 heterocycles. The van der Waals surface area contributed by atoms with Gasteiger partial charge in [0.2, 0.25) is 5.88 Å². The zero-order chi connectivity index (χ0) is 25.9. The van der Waals surface area contributed by atoms with E-state index in [4.69, 9.17) is 19.6 Å². The second kappa shape index (κ2) is 10.4. The molecule has 1 saturated heterocycles. The van der Waals surface area contributed by atoms with Crippen LogP contribution in [0.5, 0.6) is 11.6 Å². The zero-order valence-electron chi connectivity index (χ0n) is 21.6. The van der Waals surface area contributed by atoms with Crippen molar-refractivity contribution in [2.45, 2.75) is 19.3 Å². The van der Waals surface area contributed by atoms with Gasteiger partial charge in [0.15, 0.2) is 5.65 Å². The first kappa shape index (κ1) is 23.8. The molecule has 0 aliphatic carbocycles. The van der Waals surface area contributed by atoms with Crippen molar-refractivity contribution >= 4 is 23.0 Å². The third-order valence-electron chi connectivity index (χ3n) is 6.90. The van der Waals surface area contributed by atoms with E-state index in [1.54, 1.807) is 20.4 Å². The van der Waals surface area contributed by atoms with Gasteiger partial charge in [-0.05, 0) is 49.1 Å². The lowest BCUT2D eigenvalue weighted by Crippen LogP contribution is -2.29. The summed E-state index contributed by atoms with van der Waals surface area (Å²) >= 11 is 0. The van der Waals surface area contributed by atoms with Gasteiger partial charge in [-0.3, -0.25) is 0 Å². The molecule has 0 amide bonds. The van der Waals surface area contributed by atoms with E-state index in [9.17, 15) is 0 Å². The van der Waals surface area contributed by atoms with Gasteiger partial charge in [0.1, 0.15) is 28.8 Å². The smallest absolute Gasteiger partial charge is 0.228 e. The van der Waals surface area contributed by atoms with Crippen LogP contribution in [-0.4, -0.2) is 46.9 Å². The van der Waals surface area contributed by atoms with E-state index in [2.05, 4.69) is 27.3 Å². The molecular weight excluding hydrogens is 476 g/mol. The zero-order valence-corrected chi connectivity index (χ0v) is 21.6. The molecule has 2 aromatic carbocycles. The molecule has 1 N–H and O–H groups in total. The summed E-state index contributed by atoms with van der Waals surface area (Å²) in [6.07, 6.45) is 5.29. The van der Waals surface area contributed by atoms with Crippen molar-refractivity contribution in [1.29, 1.82) is 0 Å². The maximum atomic E-state index is 6.09. The number of hydrogen-bond acceptors (Lipinski definition) is 7. The van der Waals surface area contributed by atoms with Crippen LogP contribution in [0.1, 0.15) is 19.3 Å². The van der Waals surface area contributed by atoms with Crippen LogP contribution >= 0.6 is 0 Å². The Bertz CT molecular complexity index is 1530. The van der Waals surface area contributed by atoms with Gasteiger partial charge < -0.3 is 19.7 Å². The summed E-state index contributed by atoms with van der Waals surface area (Å²) in [6, 6.07) is 23.9. The third-order valence-corrected chi connectivity index (χ3v) is 6.90. The molecule has 0 bridgehead atoms. The second-order valence-corrected chi connectivity index (χ2v) is 9.26. The van der Waals surface area contributed by atoms with Crippen LogP contribution in [0, 0.1) is 0 Å². The number of aromatic nitrogens is 4. The molecule has 3 aromatic heterocycles. The van der Waals surface area contributed by atoms with Gasteiger partial charge in [0.25, 0.3) is 0 Å². The van der Waals surface area contributed by atoms with E-state index in [1.807, 2.05) is 65.2 Å². The average molecular weight is 507 g/mol. The van der Waals surface area contributed by atoms with Gasteiger partial charge >= 0.3 is 0 Å². The fraction of sp³-hybridized carbons (Fsp3) is 0.233. The van der Waals surface area contributed by atoms with Gasteiger partial charge in [0, 0.05) is 24.8 Å². The Kier molecular flexibility index (Phi) is 6.52. The molecule has 8 heteroatoms. The van der Waals surface area contributed by atoms with Crippen molar-refractivity contribution in [1.82, 2.24) is 19.6 Å². The molecule has 0 atom stereocenters. The van der Waals surface area contributed by atoms with Crippen molar-refractivity contribution in [2.75, 3.05) is 37.5 Å². The van der Waals surface area contributed by atoms with Crippen molar-refractivity contribution in [2.24, 2.45) is 0 Å². The number of ether oxygens (including phenoxy) is 2. The lowest BCUT2D eigenvalue weighted by molar-refractivity contribution is 0.387. The highest BCUT2D eigenvalue weighted by Gasteiger charge is 2.28. The number of fused-ring (bicyclic) bond motifs is 1. The van der Waals surface area contributed by atoms with Crippen LogP contribution in [-0.2, 0) is 0 Å². The van der Waals surface area contributed by atoms with Crippen LogP contribution in [0.2, 0.25) is 0 Å². The number of nitrogens with zero attached hydrogens (tertiary/aromatic N) is 5. The molecule has 1 aliphatic heterocycles. The van der Waals surface area contributed by atoms with Crippen LogP contribution in [0.15, 0.2) is 79.0 Å². The van der Waals surface area contributed by atoms with Crippen molar-refractivity contribution in [3.05, 3.63) is 79.0 Å². The minimum absolute atomic E-state index is 0.596. The summed E-state index contributed by atoms with van der Waals surface area (Å²) in [6.45, 7) is 1.93. The maximum Gasteiger partial charge on any atom is 0.228 e. The summed E-state index contributed by atoms with van der Waals surface area (Å²) < 4.78 is 13.3. The molecular formula is C30H30N6O2. The van der Waals surface area contributed by atoms with Crippen molar-refractivity contribution in [3.63, 3.8) is 0 Å². The molecule has 0 radical (unpaired) electrons. The summed E-state index contributed by atoms with van der Waals surface area (Å²) in [5.74, 6) is 2.72. The first-order chi connectivity index (χ1) is 18.8. The molecule has 6 rings (SSSR count). The van der Waals surface area contributed by atoms with Crippen molar-refractivity contribution in [3.8, 4) is 34.0 Å². The maximum absolute atomic E-state index is 6.09. The van der Waals surface area contributed by atoms with E-state index < -0.39 is 0 Å². The molecule has 1 aliphatic rings. The lowest BCUT2D eigenvalue weighted by atomic mass is 10.1. The number of benzene rings is 2. The Morgan fingerprint density at radius 3 is 2.24 bits per heavy atom. The van der Waals surface area contributed by atoms with Gasteiger partial charge in [-0.25, -0.2) is 9.97 Å². The predicted octanol–water partition coefficient (Wildman–Crippen LogP) is 6.21. The molecule has 0 unspecified atom stereocenters. The standard InChI is InChI=1S/C30H30N6O2/c1-37-23-16-14-21(15-17-23)25-28(32-24-13-7-8-18-31-24)33-29-27(35-19-9-4-10-20-35)26(22-11-5-3-6-12-22)34-36(29)30(25)38-2/h3,5-8,11-18H,4,9-10,19-20H2,1-2H3,(H,31,32,33). The van der Waals surface area contributed by atoms with Gasteiger partial charge in [-0.1, -0.05) is 48.5 Å². The molecule has 192 valence electrons. The number of methoxy groups -OCH3 is 2. The molecule has 8 nitrogen and oxygen atoms in total. The van der Waals surface area contributed by atoms with Crippen LogP contribution in [0.25, 0.3) is 28.0 Å². The van der Waals surface area contributed by atoms with E-state index in [0.717, 1.165) is 65.4 Å². The van der Waals surface area contributed by atoms with E-state index in [0.29, 0.717) is 17.5 Å². The van der Waals surface area contributed by atoms with Crippen LogP contribution in [0.4, 0.5) is 17.3 Å². The Labute approximate surface area is 221 Å². The van der Waals surface area contributed by atoms with E-state index in [-0.39, 0.29) is 0 Å². The molecule has 5 aromatic rings. The summed E-state index contributed by atoms with van der Waals surface area (Å²) in [5.41, 5.74) is 5.44. The Balaban J connectivity index is 1.64. The summed E-state index contributed by atoms with van der Waals surface area (Å²) in [4.78, 5) is 12.1. The van der Waals surface area contributed by atoms with E-state index in [1.165, 1.54) is 6.42 Å². The van der Waals surface area contributed by atoms with Gasteiger partial charge in [0.05, 0.1) is 19.8 Å². The Morgan fingerprint density at radius 1 is 0.789 bits per heavy atom. The summed E-state index contributed by atoms with van der Waals surface area (Å²) in [5, 5.41) is 8.57. The molecule has 38 heavy (non-hydrogen) atoms. The fourth-order valence-electron chi connectivity index (χ4n) is 5.07. The summed E-state index contributed by atoms with van der Waals surface area (Å²) in [7, 11) is 3.34. The Morgan fingerprint density at radius 2 is 1.55 bits per heavy atom. The average Bonchev–Trinajstić information content (AvgIpc) is 3.37. The number of hydrogen-bond donors (Lipinski definition) is 1. The van der Waals surface area contributed by atoms with Crippen LogP contribution < -0.4 is 19.7 Å². The highest BCUT2D eigenvalue weighted by atomic mass is 16.5. The molecule has 0 spiro atoms. The first-order valence-corrected chi connectivity index (χ1v) is 12.9. The molecule has 0 saturated carbocycles. The number of rotatable bonds is 7. The van der Waals surface area contributed by atoms with Crippen molar-refractivity contribution < 1.29 is 9.47 Å². The topological polar surface area (TPSA) is 76.8 Å². The number of piperidine rings is 1. The Hall–Kier alpha value is -4.59. The highest BCUT2D eigenvalue weighted by molar-refractivity contribution is 5.91. The minimum Gasteiger partial charge on any atom is -0.497 e. The normalized spacial score (nSPS) is 13.5. The van der Waals surface area contributed by atoms with E-state index >= 15 is 0 Å². The fourth-order valence-corrected chi connectivity index (χ4v) is 5.07. The first-order valence-electron chi connectivity index (χ1n) is 12.9. The number of pyridine rings is 1.